The van der Waals surface area contributed by atoms with Gasteiger partial charge in [0.25, 0.3) is 0 Å². The monoisotopic (exact) mass is 280 g/mol. The quantitative estimate of drug-likeness (QED) is 0.658. The van der Waals surface area contributed by atoms with Gasteiger partial charge in [-0.1, -0.05) is 26.7 Å². The summed E-state index contributed by atoms with van der Waals surface area (Å²) in [5.41, 5.74) is 0.158. The topological polar surface area (TPSA) is 55.2 Å². The number of benzene rings is 1. The summed E-state index contributed by atoms with van der Waals surface area (Å²) in [6, 6.07) is 4.37. The van der Waals surface area contributed by atoms with Gasteiger partial charge in [-0.2, -0.15) is 4.39 Å². The number of hydrogen-bond donors (Lipinski definition) is 1. The normalized spacial score (nSPS) is 22.8. The van der Waals surface area contributed by atoms with E-state index in [1.807, 2.05) is 0 Å². The number of rotatable bonds is 4. The van der Waals surface area contributed by atoms with Crippen LogP contribution >= 0.6 is 0 Å². The fraction of sp³-hybridized carbons (Fsp3) is 0.600. The van der Waals surface area contributed by atoms with Crippen molar-refractivity contribution in [1.82, 2.24) is 0 Å². The highest BCUT2D eigenvalue weighted by Gasteiger charge is 2.27. The molecule has 20 heavy (non-hydrogen) atoms. The molecule has 0 amide bonds. The Bertz CT molecular complexity index is 491. The molecule has 1 aliphatic rings. The Morgan fingerprint density at radius 1 is 1.35 bits per heavy atom. The standard InChI is InChI=1S/C15H21FN2O2/c1-10(2)12-5-3-4-6-14(12)17-11-7-8-15(18(19)20)13(16)9-11/h7-10,12,14,17H,3-6H2,1-2H3. The molecule has 1 aliphatic carbocycles. The zero-order valence-corrected chi connectivity index (χ0v) is 11.9. The van der Waals surface area contributed by atoms with E-state index >= 15 is 0 Å². The molecule has 4 nitrogen and oxygen atoms in total. The van der Waals surface area contributed by atoms with Crippen LogP contribution < -0.4 is 5.32 Å². The highest BCUT2D eigenvalue weighted by molar-refractivity contribution is 5.50. The van der Waals surface area contributed by atoms with Gasteiger partial charge in [-0.05, 0) is 30.7 Å². The third-order valence-corrected chi connectivity index (χ3v) is 4.17. The molecule has 0 heterocycles. The molecule has 2 atom stereocenters. The summed E-state index contributed by atoms with van der Waals surface area (Å²) in [6.45, 7) is 4.42. The highest BCUT2D eigenvalue weighted by atomic mass is 19.1. The number of halogens is 1. The number of nitro groups is 1. The first-order chi connectivity index (χ1) is 9.49. The fourth-order valence-corrected chi connectivity index (χ4v) is 3.10. The largest absolute Gasteiger partial charge is 0.382 e. The lowest BCUT2D eigenvalue weighted by Gasteiger charge is -2.35. The Kier molecular flexibility index (Phi) is 4.57. The van der Waals surface area contributed by atoms with Gasteiger partial charge in [0.15, 0.2) is 0 Å². The molecule has 0 saturated heterocycles. The number of anilines is 1. The summed E-state index contributed by atoms with van der Waals surface area (Å²) in [4.78, 5) is 9.91. The SMILES string of the molecule is CC(C)C1CCCCC1Nc1ccc([N+](=O)[O-])c(F)c1. The number of hydrogen-bond acceptors (Lipinski definition) is 3. The molecule has 5 heteroatoms. The summed E-state index contributed by atoms with van der Waals surface area (Å²) in [6.07, 6.45) is 4.68. The van der Waals surface area contributed by atoms with Gasteiger partial charge in [0, 0.05) is 23.9 Å². The van der Waals surface area contributed by atoms with Crippen LogP contribution in [0.25, 0.3) is 0 Å². The molecule has 0 aromatic heterocycles. The van der Waals surface area contributed by atoms with Crippen molar-refractivity contribution < 1.29 is 9.31 Å². The maximum absolute atomic E-state index is 13.6. The van der Waals surface area contributed by atoms with Crippen molar-refractivity contribution in [2.24, 2.45) is 11.8 Å². The van der Waals surface area contributed by atoms with Gasteiger partial charge < -0.3 is 5.32 Å². The lowest BCUT2D eigenvalue weighted by Crippen LogP contribution is -2.35. The molecule has 1 aromatic rings. The molecule has 0 aliphatic heterocycles. The molecule has 0 spiro atoms. The van der Waals surface area contributed by atoms with Gasteiger partial charge in [0.1, 0.15) is 0 Å². The minimum atomic E-state index is -0.781. The zero-order valence-electron chi connectivity index (χ0n) is 11.9. The molecule has 2 unspecified atom stereocenters. The molecule has 0 bridgehead atoms. The summed E-state index contributed by atoms with van der Waals surface area (Å²) in [7, 11) is 0. The molecule has 110 valence electrons. The van der Waals surface area contributed by atoms with Crippen LogP contribution in [0.4, 0.5) is 15.8 Å². The van der Waals surface area contributed by atoms with E-state index in [0.717, 1.165) is 6.42 Å². The average Bonchev–Trinajstić information content (AvgIpc) is 2.38. The number of nitrogens with zero attached hydrogens (tertiary/aromatic N) is 1. The smallest absolute Gasteiger partial charge is 0.304 e. The van der Waals surface area contributed by atoms with Gasteiger partial charge in [-0.25, -0.2) is 0 Å². The van der Waals surface area contributed by atoms with Crippen LogP contribution in [0.5, 0.6) is 0 Å². The van der Waals surface area contributed by atoms with Gasteiger partial charge in [0.05, 0.1) is 4.92 Å². The molecule has 1 N–H and O–H groups in total. The molecule has 1 saturated carbocycles. The van der Waals surface area contributed by atoms with Crippen LogP contribution in [-0.2, 0) is 0 Å². The van der Waals surface area contributed by atoms with E-state index in [4.69, 9.17) is 0 Å². The van der Waals surface area contributed by atoms with Crippen molar-refractivity contribution in [3.05, 3.63) is 34.1 Å². The van der Waals surface area contributed by atoms with E-state index in [0.29, 0.717) is 23.6 Å². The van der Waals surface area contributed by atoms with E-state index in [1.54, 1.807) is 6.07 Å². The van der Waals surface area contributed by atoms with Crippen molar-refractivity contribution in [3.63, 3.8) is 0 Å². The Morgan fingerprint density at radius 3 is 2.65 bits per heavy atom. The molecule has 1 aromatic carbocycles. The van der Waals surface area contributed by atoms with Gasteiger partial charge in [0.2, 0.25) is 5.82 Å². The predicted octanol–water partition coefficient (Wildman–Crippen LogP) is 4.36. The predicted molar refractivity (Wildman–Crippen MR) is 77.3 cm³/mol. The second-order valence-electron chi connectivity index (χ2n) is 5.87. The van der Waals surface area contributed by atoms with Crippen molar-refractivity contribution in [2.75, 3.05) is 5.32 Å². The highest BCUT2D eigenvalue weighted by Crippen LogP contribution is 2.33. The van der Waals surface area contributed by atoms with Gasteiger partial charge >= 0.3 is 5.69 Å². The fourth-order valence-electron chi connectivity index (χ4n) is 3.10. The Hall–Kier alpha value is -1.65. The van der Waals surface area contributed by atoms with Crippen molar-refractivity contribution in [1.29, 1.82) is 0 Å². The first-order valence-corrected chi connectivity index (χ1v) is 7.19. The van der Waals surface area contributed by atoms with Crippen LogP contribution in [0.1, 0.15) is 39.5 Å². The van der Waals surface area contributed by atoms with E-state index in [2.05, 4.69) is 19.2 Å². The molecule has 0 radical (unpaired) electrons. The Labute approximate surface area is 118 Å². The third-order valence-electron chi connectivity index (χ3n) is 4.17. The minimum Gasteiger partial charge on any atom is -0.382 e. The Balaban J connectivity index is 2.12. The van der Waals surface area contributed by atoms with E-state index in [1.165, 1.54) is 31.4 Å². The van der Waals surface area contributed by atoms with Gasteiger partial charge in [-0.3, -0.25) is 10.1 Å². The van der Waals surface area contributed by atoms with E-state index in [-0.39, 0.29) is 0 Å². The molecule has 2 rings (SSSR count). The number of nitro benzene ring substituents is 1. The number of nitrogens with one attached hydrogen (secondary N) is 1. The van der Waals surface area contributed by atoms with Crippen LogP contribution in [0.3, 0.4) is 0 Å². The van der Waals surface area contributed by atoms with Crippen LogP contribution in [0.15, 0.2) is 18.2 Å². The maximum atomic E-state index is 13.6. The van der Waals surface area contributed by atoms with E-state index in [9.17, 15) is 14.5 Å². The summed E-state index contributed by atoms with van der Waals surface area (Å²) in [5.74, 6) is 0.370. The molecular weight excluding hydrogens is 259 g/mol. The second kappa shape index (κ2) is 6.20. The summed E-state index contributed by atoms with van der Waals surface area (Å²) in [5, 5.41) is 14.0. The summed E-state index contributed by atoms with van der Waals surface area (Å²) >= 11 is 0. The van der Waals surface area contributed by atoms with Crippen LogP contribution in [0, 0.1) is 27.8 Å². The second-order valence-corrected chi connectivity index (χ2v) is 5.87. The molecule has 1 fully saturated rings. The zero-order chi connectivity index (χ0) is 14.7. The maximum Gasteiger partial charge on any atom is 0.304 e. The third kappa shape index (κ3) is 3.26. The summed E-state index contributed by atoms with van der Waals surface area (Å²) < 4.78 is 13.6. The lowest BCUT2D eigenvalue weighted by atomic mass is 9.78. The first kappa shape index (κ1) is 14.8. The van der Waals surface area contributed by atoms with Crippen molar-refractivity contribution in [2.45, 2.75) is 45.6 Å². The Morgan fingerprint density at radius 2 is 2.05 bits per heavy atom. The first-order valence-electron chi connectivity index (χ1n) is 7.19. The van der Waals surface area contributed by atoms with Gasteiger partial charge in [-0.15, -0.1) is 0 Å². The molecular formula is C15H21FN2O2. The van der Waals surface area contributed by atoms with Crippen molar-refractivity contribution in [3.8, 4) is 0 Å². The van der Waals surface area contributed by atoms with Crippen molar-refractivity contribution >= 4 is 11.4 Å². The average molecular weight is 280 g/mol. The minimum absolute atomic E-state index is 0.324. The lowest BCUT2D eigenvalue weighted by molar-refractivity contribution is -0.387. The van der Waals surface area contributed by atoms with Crippen LogP contribution in [-0.4, -0.2) is 11.0 Å². The van der Waals surface area contributed by atoms with E-state index < -0.39 is 16.4 Å². The van der Waals surface area contributed by atoms with Crippen LogP contribution in [0.2, 0.25) is 0 Å².